The summed E-state index contributed by atoms with van der Waals surface area (Å²) in [6.45, 7) is 1.11. The highest BCUT2D eigenvalue weighted by atomic mass is 35.5. The Morgan fingerprint density at radius 3 is 2.67 bits per heavy atom. The molecule has 1 atom stereocenters. The number of fused-ring (bicyclic) bond motifs is 1. The zero-order chi connectivity index (χ0) is 21.7. The second-order valence-electron chi connectivity index (χ2n) is 7.23. The third-order valence-corrected chi connectivity index (χ3v) is 4.76. The third kappa shape index (κ3) is 5.77. The van der Waals surface area contributed by atoms with E-state index in [0.29, 0.717) is 29.5 Å². The fourth-order valence-electron chi connectivity index (χ4n) is 2.95. The Morgan fingerprint density at radius 1 is 1.23 bits per heavy atom. The number of nitrogens with one attached hydrogen (secondary N) is 3. The quantitative estimate of drug-likeness (QED) is 0.478. The smallest absolute Gasteiger partial charge is 0.268 e. The van der Waals surface area contributed by atoms with Crippen molar-refractivity contribution in [2.24, 2.45) is 0 Å². The normalized spacial score (nSPS) is 12.2. The van der Waals surface area contributed by atoms with E-state index in [1.165, 1.54) is 12.1 Å². The zero-order valence-electron chi connectivity index (χ0n) is 16.7. The molecule has 9 heteroatoms. The number of H-pyrrole nitrogens is 1. The van der Waals surface area contributed by atoms with Gasteiger partial charge in [0.05, 0.1) is 11.7 Å². The van der Waals surface area contributed by atoms with Crippen LogP contribution in [-0.4, -0.2) is 59.9 Å². The van der Waals surface area contributed by atoms with Crippen molar-refractivity contribution in [1.82, 2.24) is 25.5 Å². The topological polar surface area (TPSA) is 90.1 Å². The van der Waals surface area contributed by atoms with Crippen LogP contribution in [0.2, 0.25) is 5.15 Å². The molecule has 0 radical (unpaired) electrons. The largest absolute Gasteiger partial charge is 0.353 e. The van der Waals surface area contributed by atoms with Crippen LogP contribution in [0.1, 0.15) is 16.1 Å². The van der Waals surface area contributed by atoms with Gasteiger partial charge < -0.3 is 20.5 Å². The molecule has 0 saturated carbocycles. The molecule has 0 aliphatic heterocycles. The first kappa shape index (κ1) is 21.7. The number of likely N-dealkylation sites (N-methyl/N-ethyl adjacent to an activating group) is 1. The minimum atomic E-state index is -0.821. The average Bonchev–Trinajstić information content (AvgIpc) is 3.12. The van der Waals surface area contributed by atoms with Gasteiger partial charge in [-0.25, -0.2) is 9.37 Å². The summed E-state index contributed by atoms with van der Waals surface area (Å²) in [4.78, 5) is 34.4. The standard InChI is InChI=1S/C21H23ClFN5O2/c1-28(2)8-7-24-20(29)16(9-13-3-5-15(23)6-4-13)27-21(30)17-10-14-11-19(22)25-12-18(14)26-17/h3-6,10-12,16,26H,7-9H2,1-2H3,(H,24,29)(H,27,30)/t16-/m0/s1. The van der Waals surface area contributed by atoms with Gasteiger partial charge in [-0.1, -0.05) is 23.7 Å². The van der Waals surface area contributed by atoms with Crippen molar-refractivity contribution in [2.45, 2.75) is 12.5 Å². The molecule has 0 saturated heterocycles. The number of aromatic nitrogens is 2. The van der Waals surface area contributed by atoms with E-state index in [9.17, 15) is 14.0 Å². The molecule has 1 aromatic carbocycles. The summed E-state index contributed by atoms with van der Waals surface area (Å²) in [5, 5.41) is 6.66. The Labute approximate surface area is 178 Å². The number of amides is 2. The van der Waals surface area contributed by atoms with Crippen molar-refractivity contribution < 1.29 is 14.0 Å². The van der Waals surface area contributed by atoms with Gasteiger partial charge in [0.1, 0.15) is 22.7 Å². The van der Waals surface area contributed by atoms with E-state index >= 15 is 0 Å². The highest BCUT2D eigenvalue weighted by molar-refractivity contribution is 6.30. The van der Waals surface area contributed by atoms with E-state index in [-0.39, 0.29) is 18.1 Å². The average molecular weight is 432 g/mol. The van der Waals surface area contributed by atoms with Gasteiger partial charge in [-0.2, -0.15) is 0 Å². The number of benzene rings is 1. The van der Waals surface area contributed by atoms with Crippen molar-refractivity contribution in [3.8, 4) is 0 Å². The first-order valence-electron chi connectivity index (χ1n) is 9.44. The van der Waals surface area contributed by atoms with Crippen molar-refractivity contribution in [1.29, 1.82) is 0 Å². The minimum Gasteiger partial charge on any atom is -0.353 e. The Hall–Kier alpha value is -2.97. The molecular formula is C21H23ClFN5O2. The van der Waals surface area contributed by atoms with Gasteiger partial charge in [-0.3, -0.25) is 9.59 Å². The lowest BCUT2D eigenvalue weighted by Gasteiger charge is -2.19. The van der Waals surface area contributed by atoms with Gasteiger partial charge in [0, 0.05) is 24.9 Å². The third-order valence-electron chi connectivity index (χ3n) is 4.55. The first-order chi connectivity index (χ1) is 14.3. The van der Waals surface area contributed by atoms with Crippen molar-refractivity contribution in [3.63, 3.8) is 0 Å². The molecule has 158 valence electrons. The molecule has 3 aromatic rings. The molecular weight excluding hydrogens is 409 g/mol. The van der Waals surface area contributed by atoms with Crippen LogP contribution >= 0.6 is 11.6 Å². The number of nitrogens with zero attached hydrogens (tertiary/aromatic N) is 2. The van der Waals surface area contributed by atoms with Gasteiger partial charge in [0.25, 0.3) is 5.91 Å². The molecule has 0 fully saturated rings. The second-order valence-corrected chi connectivity index (χ2v) is 7.62. The zero-order valence-corrected chi connectivity index (χ0v) is 17.5. The predicted octanol–water partition coefficient (Wildman–Crippen LogP) is 2.37. The van der Waals surface area contributed by atoms with Gasteiger partial charge in [0.15, 0.2) is 0 Å². The molecule has 2 aromatic heterocycles. The molecule has 0 aliphatic rings. The second kappa shape index (κ2) is 9.69. The molecule has 3 rings (SSSR count). The fourth-order valence-corrected chi connectivity index (χ4v) is 3.12. The molecule has 0 aliphatic carbocycles. The van der Waals surface area contributed by atoms with Gasteiger partial charge in [0.2, 0.25) is 5.91 Å². The lowest BCUT2D eigenvalue weighted by Crippen LogP contribution is -2.49. The first-order valence-corrected chi connectivity index (χ1v) is 9.81. The van der Waals surface area contributed by atoms with Crippen LogP contribution in [0.4, 0.5) is 4.39 Å². The van der Waals surface area contributed by atoms with Crippen molar-refractivity contribution in [2.75, 3.05) is 27.2 Å². The Kier molecular flexibility index (Phi) is 7.02. The number of hydrogen-bond donors (Lipinski definition) is 3. The molecule has 7 nitrogen and oxygen atoms in total. The predicted molar refractivity (Wildman–Crippen MR) is 114 cm³/mol. The van der Waals surface area contributed by atoms with E-state index < -0.39 is 11.9 Å². The van der Waals surface area contributed by atoms with Crippen molar-refractivity contribution in [3.05, 3.63) is 64.8 Å². The van der Waals surface area contributed by atoms with Crippen LogP contribution < -0.4 is 10.6 Å². The summed E-state index contributed by atoms with van der Waals surface area (Å²) in [5.41, 5.74) is 1.69. The molecule has 30 heavy (non-hydrogen) atoms. The number of halogens is 2. The summed E-state index contributed by atoms with van der Waals surface area (Å²) >= 11 is 5.90. The maximum absolute atomic E-state index is 13.2. The summed E-state index contributed by atoms with van der Waals surface area (Å²) in [5.74, 6) is -1.10. The van der Waals surface area contributed by atoms with Gasteiger partial charge in [-0.05, 0) is 43.9 Å². The maximum Gasteiger partial charge on any atom is 0.268 e. The van der Waals surface area contributed by atoms with Crippen LogP contribution in [0.5, 0.6) is 0 Å². The SMILES string of the molecule is CN(C)CCNC(=O)[C@H](Cc1ccc(F)cc1)NC(=O)c1cc2cc(Cl)ncc2[nH]1. The van der Waals surface area contributed by atoms with Crippen LogP contribution in [0.3, 0.4) is 0 Å². The van der Waals surface area contributed by atoms with E-state index in [4.69, 9.17) is 11.6 Å². The van der Waals surface area contributed by atoms with Gasteiger partial charge >= 0.3 is 0 Å². The summed E-state index contributed by atoms with van der Waals surface area (Å²) in [6, 6.07) is 8.32. The molecule has 0 spiro atoms. The van der Waals surface area contributed by atoms with Crippen molar-refractivity contribution >= 4 is 34.3 Å². The van der Waals surface area contributed by atoms with Crippen LogP contribution in [0.15, 0.2) is 42.6 Å². The van der Waals surface area contributed by atoms with Crippen LogP contribution in [-0.2, 0) is 11.2 Å². The number of carbonyl (C=O) groups excluding carboxylic acids is 2. The fraction of sp³-hybridized carbons (Fsp3) is 0.286. The molecule has 0 unspecified atom stereocenters. The lowest BCUT2D eigenvalue weighted by molar-refractivity contribution is -0.123. The van der Waals surface area contributed by atoms with E-state index in [0.717, 1.165) is 10.9 Å². The van der Waals surface area contributed by atoms with E-state index in [1.807, 2.05) is 19.0 Å². The summed E-state index contributed by atoms with van der Waals surface area (Å²) in [7, 11) is 3.81. The number of rotatable bonds is 8. The summed E-state index contributed by atoms with van der Waals surface area (Å²) in [6.07, 6.45) is 1.77. The number of carbonyl (C=O) groups is 2. The highest BCUT2D eigenvalue weighted by Crippen LogP contribution is 2.18. The number of pyridine rings is 1. The molecule has 2 amide bonds. The van der Waals surface area contributed by atoms with Crippen LogP contribution in [0.25, 0.3) is 10.9 Å². The summed E-state index contributed by atoms with van der Waals surface area (Å²) < 4.78 is 13.2. The highest BCUT2D eigenvalue weighted by Gasteiger charge is 2.23. The molecule has 3 N–H and O–H groups in total. The Balaban J connectivity index is 1.76. The van der Waals surface area contributed by atoms with E-state index in [1.54, 1.807) is 30.5 Å². The number of aromatic amines is 1. The van der Waals surface area contributed by atoms with E-state index in [2.05, 4.69) is 20.6 Å². The maximum atomic E-state index is 13.2. The lowest BCUT2D eigenvalue weighted by atomic mass is 10.0. The van der Waals surface area contributed by atoms with Gasteiger partial charge in [-0.15, -0.1) is 0 Å². The monoisotopic (exact) mass is 431 g/mol. The Bertz CT molecular complexity index is 1040. The molecule has 2 heterocycles. The minimum absolute atomic E-state index is 0.230. The van der Waals surface area contributed by atoms with Crippen LogP contribution in [0, 0.1) is 5.82 Å². The number of hydrogen-bond acceptors (Lipinski definition) is 4. The molecule has 0 bridgehead atoms. The Morgan fingerprint density at radius 2 is 1.97 bits per heavy atom.